The van der Waals surface area contributed by atoms with Crippen LogP contribution in [0.2, 0.25) is 0 Å². The molecule has 0 N–H and O–H groups in total. The van der Waals surface area contributed by atoms with Gasteiger partial charge in [0.25, 0.3) is 10.1 Å². The maximum absolute atomic E-state index is 10.9. The quantitative estimate of drug-likeness (QED) is 0.668. The Hall–Kier alpha value is -0.130. The van der Waals surface area contributed by atoms with Crippen LogP contribution in [0.25, 0.3) is 0 Å². The van der Waals surface area contributed by atoms with Crippen molar-refractivity contribution in [2.24, 2.45) is 17.8 Å². The van der Waals surface area contributed by atoms with Crippen LogP contribution in [0.4, 0.5) is 0 Å². The number of hydrogen-bond acceptors (Lipinski definition) is 4. The van der Waals surface area contributed by atoms with Gasteiger partial charge in [-0.2, -0.15) is 8.42 Å². The van der Waals surface area contributed by atoms with E-state index in [0.29, 0.717) is 12.5 Å². The first-order valence-corrected chi connectivity index (χ1v) is 7.28. The first kappa shape index (κ1) is 11.4. The van der Waals surface area contributed by atoms with E-state index in [-0.39, 0.29) is 0 Å². The predicted octanol–water partition coefficient (Wildman–Crippen LogP) is 0.550. The molecule has 1 unspecified atom stereocenters. The van der Waals surface area contributed by atoms with Crippen molar-refractivity contribution in [2.75, 3.05) is 33.0 Å². The minimum absolute atomic E-state index is 0.384. The largest absolute Gasteiger partial charge is 0.306 e. The molecule has 88 valence electrons. The third-order valence-corrected chi connectivity index (χ3v) is 4.11. The van der Waals surface area contributed by atoms with Gasteiger partial charge in [-0.15, -0.1) is 0 Å². The van der Waals surface area contributed by atoms with Gasteiger partial charge in [0.15, 0.2) is 0 Å². The Balaban J connectivity index is 1.80. The van der Waals surface area contributed by atoms with Crippen molar-refractivity contribution in [1.82, 2.24) is 4.90 Å². The summed E-state index contributed by atoms with van der Waals surface area (Å²) in [6.45, 7) is 2.72. The van der Waals surface area contributed by atoms with E-state index >= 15 is 0 Å². The number of hydrogen-bond donors (Lipinski definition) is 0. The van der Waals surface area contributed by atoms with Gasteiger partial charge in [-0.25, -0.2) is 0 Å². The van der Waals surface area contributed by atoms with E-state index in [1.165, 1.54) is 13.1 Å². The first-order chi connectivity index (χ1) is 6.94. The first-order valence-electron chi connectivity index (χ1n) is 5.47. The zero-order valence-electron chi connectivity index (χ0n) is 9.35. The average Bonchev–Trinajstić information content (AvgIpc) is 2.55. The molecule has 1 saturated heterocycles. The standard InChI is InChI=1S/C10H19NO3S/c1-11-5-9-3-8(4-10(9)6-11)7-14-15(2,12)13/h8-10H,3-7H2,1-2H3/t8?,9-,10+. The highest BCUT2D eigenvalue weighted by Gasteiger charge is 2.39. The van der Waals surface area contributed by atoms with Gasteiger partial charge in [-0.1, -0.05) is 0 Å². The second-order valence-electron chi connectivity index (χ2n) is 5.07. The molecule has 0 amide bonds. The number of likely N-dealkylation sites (tertiary alicyclic amines) is 1. The lowest BCUT2D eigenvalue weighted by Crippen LogP contribution is -2.18. The van der Waals surface area contributed by atoms with Crippen molar-refractivity contribution in [3.05, 3.63) is 0 Å². The summed E-state index contributed by atoms with van der Waals surface area (Å²) in [4.78, 5) is 2.36. The fourth-order valence-electron chi connectivity index (χ4n) is 3.02. The summed E-state index contributed by atoms with van der Waals surface area (Å²) in [5.41, 5.74) is 0. The van der Waals surface area contributed by atoms with Crippen LogP contribution in [0.15, 0.2) is 0 Å². The zero-order valence-corrected chi connectivity index (χ0v) is 10.2. The van der Waals surface area contributed by atoms with Gasteiger partial charge in [0.2, 0.25) is 0 Å². The highest BCUT2D eigenvalue weighted by molar-refractivity contribution is 7.85. The van der Waals surface area contributed by atoms with Gasteiger partial charge >= 0.3 is 0 Å². The maximum Gasteiger partial charge on any atom is 0.264 e. The van der Waals surface area contributed by atoms with E-state index in [9.17, 15) is 8.42 Å². The summed E-state index contributed by atoms with van der Waals surface area (Å²) in [7, 11) is -1.10. The Kier molecular flexibility index (Phi) is 3.05. The van der Waals surface area contributed by atoms with Crippen LogP contribution in [-0.2, 0) is 14.3 Å². The van der Waals surface area contributed by atoms with Crippen LogP contribution < -0.4 is 0 Å². The molecule has 2 rings (SSSR count). The maximum atomic E-state index is 10.9. The van der Waals surface area contributed by atoms with E-state index in [1.54, 1.807) is 0 Å². The van der Waals surface area contributed by atoms with E-state index in [0.717, 1.165) is 30.9 Å². The highest BCUT2D eigenvalue weighted by atomic mass is 32.2. The van der Waals surface area contributed by atoms with Crippen LogP contribution in [0.1, 0.15) is 12.8 Å². The van der Waals surface area contributed by atoms with Gasteiger partial charge in [-0.3, -0.25) is 4.18 Å². The van der Waals surface area contributed by atoms with Gasteiger partial charge in [0, 0.05) is 13.1 Å². The second kappa shape index (κ2) is 4.03. The summed E-state index contributed by atoms with van der Waals surface area (Å²) >= 11 is 0. The molecule has 0 bridgehead atoms. The van der Waals surface area contributed by atoms with Crippen molar-refractivity contribution in [3.63, 3.8) is 0 Å². The molecule has 15 heavy (non-hydrogen) atoms. The van der Waals surface area contributed by atoms with Gasteiger partial charge in [0.05, 0.1) is 12.9 Å². The van der Waals surface area contributed by atoms with Crippen molar-refractivity contribution in [3.8, 4) is 0 Å². The topological polar surface area (TPSA) is 46.6 Å². The van der Waals surface area contributed by atoms with Crippen LogP contribution in [-0.4, -0.2) is 46.3 Å². The molecule has 0 spiro atoms. The fraction of sp³-hybridized carbons (Fsp3) is 1.00. The SMILES string of the molecule is CN1C[C@H]2CC(COS(C)(=O)=O)C[C@H]2C1. The minimum atomic E-state index is -3.26. The van der Waals surface area contributed by atoms with Crippen molar-refractivity contribution < 1.29 is 12.6 Å². The van der Waals surface area contributed by atoms with E-state index in [4.69, 9.17) is 4.18 Å². The van der Waals surface area contributed by atoms with Crippen molar-refractivity contribution in [2.45, 2.75) is 12.8 Å². The molecule has 1 aliphatic heterocycles. The molecule has 0 radical (unpaired) electrons. The Labute approximate surface area is 91.7 Å². The lowest BCUT2D eigenvalue weighted by Gasteiger charge is -2.13. The smallest absolute Gasteiger partial charge is 0.264 e. The molecule has 1 aliphatic carbocycles. The molecule has 2 aliphatic rings. The van der Waals surface area contributed by atoms with Gasteiger partial charge in [0.1, 0.15) is 0 Å². The Morgan fingerprint density at radius 1 is 1.27 bits per heavy atom. The van der Waals surface area contributed by atoms with Crippen LogP contribution in [0.5, 0.6) is 0 Å². The molecule has 1 heterocycles. The molecule has 2 fully saturated rings. The van der Waals surface area contributed by atoms with Crippen LogP contribution >= 0.6 is 0 Å². The summed E-state index contributed by atoms with van der Waals surface area (Å²) in [5.74, 6) is 1.98. The summed E-state index contributed by atoms with van der Waals surface area (Å²) in [5, 5.41) is 0. The lowest BCUT2D eigenvalue weighted by molar-refractivity contribution is 0.242. The molecular formula is C10H19NO3S. The molecule has 0 aromatic rings. The van der Waals surface area contributed by atoms with E-state index < -0.39 is 10.1 Å². The minimum Gasteiger partial charge on any atom is -0.306 e. The molecular weight excluding hydrogens is 214 g/mol. The highest BCUT2D eigenvalue weighted by Crippen LogP contribution is 2.41. The predicted molar refractivity (Wildman–Crippen MR) is 58.0 cm³/mol. The normalized spacial score (nSPS) is 37.1. The average molecular weight is 233 g/mol. The summed E-state index contributed by atoms with van der Waals surface area (Å²) in [6.07, 6.45) is 3.38. The van der Waals surface area contributed by atoms with E-state index in [2.05, 4.69) is 11.9 Å². The molecule has 3 atom stereocenters. The number of rotatable bonds is 3. The van der Waals surface area contributed by atoms with Gasteiger partial charge in [-0.05, 0) is 37.6 Å². The molecule has 1 saturated carbocycles. The van der Waals surface area contributed by atoms with E-state index in [1.807, 2.05) is 0 Å². The second-order valence-corrected chi connectivity index (χ2v) is 6.71. The number of fused-ring (bicyclic) bond motifs is 1. The molecule has 0 aromatic heterocycles. The van der Waals surface area contributed by atoms with Crippen LogP contribution in [0, 0.1) is 17.8 Å². The monoisotopic (exact) mass is 233 g/mol. The number of nitrogens with zero attached hydrogens (tertiary/aromatic N) is 1. The van der Waals surface area contributed by atoms with Gasteiger partial charge < -0.3 is 4.90 Å². The Morgan fingerprint density at radius 2 is 1.80 bits per heavy atom. The summed E-state index contributed by atoms with van der Waals surface area (Å²) in [6, 6.07) is 0. The molecule has 4 nitrogen and oxygen atoms in total. The molecule has 0 aromatic carbocycles. The fourth-order valence-corrected chi connectivity index (χ4v) is 3.46. The van der Waals surface area contributed by atoms with Crippen molar-refractivity contribution in [1.29, 1.82) is 0 Å². The lowest BCUT2D eigenvalue weighted by atomic mass is 10.0. The summed E-state index contributed by atoms with van der Waals surface area (Å²) < 4.78 is 26.6. The van der Waals surface area contributed by atoms with Crippen molar-refractivity contribution >= 4 is 10.1 Å². The zero-order chi connectivity index (χ0) is 11.1. The Morgan fingerprint density at radius 3 is 2.27 bits per heavy atom. The third kappa shape index (κ3) is 2.92. The molecule has 5 heteroatoms. The third-order valence-electron chi connectivity index (χ3n) is 3.55. The Bertz CT molecular complexity index is 314. The van der Waals surface area contributed by atoms with Crippen LogP contribution in [0.3, 0.4) is 0 Å².